The molecule has 1 aliphatic carbocycles. The first-order chi connectivity index (χ1) is 37.7. The topological polar surface area (TPSA) is 3.24 Å². The van der Waals surface area contributed by atoms with Gasteiger partial charge in [-0.3, -0.25) is 0 Å². The van der Waals surface area contributed by atoms with E-state index in [-0.39, 0.29) is 0 Å². The van der Waals surface area contributed by atoms with Gasteiger partial charge in [0.25, 0.3) is 0 Å². The minimum atomic E-state index is -0.524. The van der Waals surface area contributed by atoms with Gasteiger partial charge < -0.3 is 4.90 Å². The lowest BCUT2D eigenvalue weighted by Gasteiger charge is -2.34. The van der Waals surface area contributed by atoms with Gasteiger partial charge in [0.15, 0.2) is 0 Å². The van der Waals surface area contributed by atoms with E-state index < -0.39 is 5.41 Å². The van der Waals surface area contributed by atoms with Crippen LogP contribution in [0.4, 0.5) is 17.1 Å². The maximum atomic E-state index is 2.47. The standard InChI is InChI=1S/C73H47NS2/c1-3-19-54(20-4-1)73(55-21-5-2-6-22-55)65-30-10-7-25-64(65)70-66(73)31-16-32-67(70)74(56-43-39-49(40-44-56)48-35-37-51(38-36-48)58-26-14-28-62-60-23-8-11-33-68(60)75-71(58)62)57-45-41-50(42-46-57)52-17-13-18-53(47-52)59-27-15-29-63-61-24-9-12-34-69(61)76-72(59)63/h1-47H. The van der Waals surface area contributed by atoms with Gasteiger partial charge in [-0.15, -0.1) is 22.7 Å². The molecule has 0 spiro atoms. The zero-order chi connectivity index (χ0) is 50.2. The van der Waals surface area contributed by atoms with Gasteiger partial charge in [0, 0.05) is 57.3 Å². The van der Waals surface area contributed by atoms with Crippen LogP contribution in [0.15, 0.2) is 285 Å². The summed E-state index contributed by atoms with van der Waals surface area (Å²) in [5.74, 6) is 0. The van der Waals surface area contributed by atoms with Crippen LogP contribution in [0.5, 0.6) is 0 Å². The summed E-state index contributed by atoms with van der Waals surface area (Å²) < 4.78 is 5.31. The van der Waals surface area contributed by atoms with Crippen LogP contribution in [-0.4, -0.2) is 0 Å². The fraction of sp³-hybridized carbons (Fsp3) is 0.0137. The van der Waals surface area contributed by atoms with Crippen molar-refractivity contribution in [1.82, 2.24) is 0 Å². The molecule has 356 valence electrons. The average molecular weight is 1000 g/mol. The minimum Gasteiger partial charge on any atom is -0.310 e. The van der Waals surface area contributed by atoms with Crippen molar-refractivity contribution in [2.24, 2.45) is 0 Å². The average Bonchev–Trinajstić information content (AvgIpc) is 4.18. The third-order valence-corrected chi connectivity index (χ3v) is 18.2. The van der Waals surface area contributed by atoms with Crippen molar-refractivity contribution in [3.63, 3.8) is 0 Å². The van der Waals surface area contributed by atoms with Gasteiger partial charge >= 0.3 is 0 Å². The summed E-state index contributed by atoms with van der Waals surface area (Å²) in [5.41, 5.74) is 20.1. The van der Waals surface area contributed by atoms with Crippen molar-refractivity contribution in [2.75, 3.05) is 4.90 Å². The molecule has 0 N–H and O–H groups in total. The zero-order valence-corrected chi connectivity index (χ0v) is 43.0. The lowest BCUT2D eigenvalue weighted by Crippen LogP contribution is -2.28. The second kappa shape index (κ2) is 18.1. The molecule has 1 nitrogen and oxygen atoms in total. The Morgan fingerprint density at radius 3 is 1.30 bits per heavy atom. The number of fused-ring (bicyclic) bond motifs is 9. The van der Waals surface area contributed by atoms with Gasteiger partial charge in [-0.05, 0) is 121 Å². The van der Waals surface area contributed by atoms with Crippen LogP contribution in [0, 0.1) is 0 Å². The van der Waals surface area contributed by atoms with Gasteiger partial charge in [0.2, 0.25) is 0 Å². The summed E-state index contributed by atoms with van der Waals surface area (Å²) in [6.07, 6.45) is 0. The van der Waals surface area contributed by atoms with Crippen LogP contribution < -0.4 is 4.90 Å². The van der Waals surface area contributed by atoms with Gasteiger partial charge in [-0.25, -0.2) is 0 Å². The third-order valence-electron chi connectivity index (χ3n) is 15.8. The summed E-state index contributed by atoms with van der Waals surface area (Å²) >= 11 is 3.76. The van der Waals surface area contributed by atoms with Crippen molar-refractivity contribution in [3.8, 4) is 55.6 Å². The highest BCUT2D eigenvalue weighted by molar-refractivity contribution is 7.26. The Hall–Kier alpha value is -9.12. The van der Waals surface area contributed by atoms with E-state index in [9.17, 15) is 0 Å². The predicted octanol–water partition coefficient (Wildman–Crippen LogP) is 20.9. The molecule has 1 aliphatic rings. The summed E-state index contributed by atoms with van der Waals surface area (Å²) in [4.78, 5) is 2.47. The Bertz CT molecular complexity index is 4450. The third kappa shape index (κ3) is 7.04. The van der Waals surface area contributed by atoms with E-state index >= 15 is 0 Å². The number of anilines is 3. The van der Waals surface area contributed by atoms with Crippen molar-refractivity contribution < 1.29 is 0 Å². The van der Waals surface area contributed by atoms with Crippen LogP contribution in [0.3, 0.4) is 0 Å². The molecule has 0 saturated heterocycles. The smallest absolute Gasteiger partial charge is 0.0714 e. The van der Waals surface area contributed by atoms with Crippen LogP contribution in [0.25, 0.3) is 96.0 Å². The Labute approximate surface area is 450 Å². The van der Waals surface area contributed by atoms with Gasteiger partial charge in [0.05, 0.1) is 11.1 Å². The molecule has 0 fully saturated rings. The number of hydrogen-bond donors (Lipinski definition) is 0. The van der Waals surface area contributed by atoms with Gasteiger partial charge in [-0.2, -0.15) is 0 Å². The Morgan fingerprint density at radius 1 is 0.276 bits per heavy atom. The minimum absolute atomic E-state index is 0.524. The Kier molecular flexibility index (Phi) is 10.6. The molecule has 0 unspecified atom stereocenters. The number of nitrogens with zero attached hydrogens (tertiary/aromatic N) is 1. The maximum absolute atomic E-state index is 2.47. The largest absolute Gasteiger partial charge is 0.310 e. The molecule has 0 saturated carbocycles. The first-order valence-corrected chi connectivity index (χ1v) is 27.7. The van der Waals surface area contributed by atoms with E-state index in [1.165, 1.54) is 118 Å². The molecule has 12 aromatic carbocycles. The molecule has 0 aliphatic heterocycles. The molecular formula is C73H47NS2. The molecule has 76 heavy (non-hydrogen) atoms. The predicted molar refractivity (Wildman–Crippen MR) is 326 cm³/mol. The fourth-order valence-corrected chi connectivity index (χ4v) is 14.8. The lowest BCUT2D eigenvalue weighted by atomic mass is 9.68. The number of benzene rings is 12. The SMILES string of the molecule is c1ccc(C2(c3ccccc3)c3ccccc3-c3c(N(c4ccc(-c5ccc(-c6cccc7c6sc6ccccc67)cc5)cc4)c4ccc(-c5cccc(-c6cccc7c6sc6ccccc67)c5)cc4)cccc32)cc1. The van der Waals surface area contributed by atoms with E-state index in [0.29, 0.717) is 0 Å². The van der Waals surface area contributed by atoms with E-state index in [4.69, 9.17) is 0 Å². The maximum Gasteiger partial charge on any atom is 0.0714 e. The van der Waals surface area contributed by atoms with Crippen molar-refractivity contribution in [2.45, 2.75) is 5.41 Å². The van der Waals surface area contributed by atoms with E-state index in [0.717, 1.165) is 17.1 Å². The normalized spacial score (nSPS) is 12.6. The van der Waals surface area contributed by atoms with Crippen molar-refractivity contribution >= 4 is 80.1 Å². The molecule has 0 atom stereocenters. The van der Waals surface area contributed by atoms with Gasteiger partial charge in [0.1, 0.15) is 0 Å². The summed E-state index contributed by atoms with van der Waals surface area (Å²) in [7, 11) is 0. The molecule has 0 amide bonds. The molecule has 0 radical (unpaired) electrons. The summed E-state index contributed by atoms with van der Waals surface area (Å²) in [6.45, 7) is 0. The highest BCUT2D eigenvalue weighted by Crippen LogP contribution is 2.59. The van der Waals surface area contributed by atoms with Gasteiger partial charge in [-0.1, -0.05) is 237 Å². The molecule has 2 heterocycles. The second-order valence-corrected chi connectivity index (χ2v) is 22.0. The molecular weight excluding hydrogens is 955 g/mol. The van der Waals surface area contributed by atoms with Crippen LogP contribution >= 0.6 is 22.7 Å². The van der Waals surface area contributed by atoms with Crippen LogP contribution in [0.2, 0.25) is 0 Å². The molecule has 2 aromatic heterocycles. The first kappa shape index (κ1) is 44.4. The van der Waals surface area contributed by atoms with Crippen LogP contribution in [0.1, 0.15) is 22.3 Å². The number of hydrogen-bond acceptors (Lipinski definition) is 3. The highest BCUT2D eigenvalue weighted by Gasteiger charge is 2.47. The highest BCUT2D eigenvalue weighted by atomic mass is 32.1. The number of thiophene rings is 2. The Morgan fingerprint density at radius 2 is 0.697 bits per heavy atom. The Balaban J connectivity index is 0.852. The first-order valence-electron chi connectivity index (χ1n) is 26.1. The zero-order valence-electron chi connectivity index (χ0n) is 41.4. The van der Waals surface area contributed by atoms with E-state index in [1.54, 1.807) is 0 Å². The van der Waals surface area contributed by atoms with Crippen molar-refractivity contribution in [3.05, 3.63) is 307 Å². The van der Waals surface area contributed by atoms with Crippen LogP contribution in [-0.2, 0) is 5.41 Å². The van der Waals surface area contributed by atoms with Crippen molar-refractivity contribution in [1.29, 1.82) is 0 Å². The summed E-state index contributed by atoms with van der Waals surface area (Å²) in [5, 5.41) is 5.28. The molecule has 0 bridgehead atoms. The summed E-state index contributed by atoms with van der Waals surface area (Å²) in [6, 6.07) is 106. The molecule has 15 rings (SSSR count). The second-order valence-electron chi connectivity index (χ2n) is 19.9. The lowest BCUT2D eigenvalue weighted by molar-refractivity contribution is 0.768. The molecule has 3 heteroatoms. The fourth-order valence-electron chi connectivity index (χ4n) is 12.4. The quantitative estimate of drug-likeness (QED) is 0.139. The van der Waals surface area contributed by atoms with E-state index in [2.05, 4.69) is 290 Å². The van der Waals surface area contributed by atoms with E-state index in [1.807, 2.05) is 22.7 Å². The monoisotopic (exact) mass is 1000 g/mol. The molecule has 14 aromatic rings. The number of rotatable bonds is 9.